The number of para-hydroxylation sites is 1. The fourth-order valence-electron chi connectivity index (χ4n) is 1.85. The van der Waals surface area contributed by atoms with Crippen molar-refractivity contribution in [3.8, 4) is 0 Å². The first-order valence-corrected chi connectivity index (χ1v) is 5.95. The van der Waals surface area contributed by atoms with Gasteiger partial charge < -0.3 is 5.32 Å². The first-order valence-electron chi connectivity index (χ1n) is 5.95. The van der Waals surface area contributed by atoms with Crippen molar-refractivity contribution in [3.63, 3.8) is 0 Å². The monoisotopic (exact) mass is 292 g/mol. The Morgan fingerprint density at radius 2 is 2.05 bits per heavy atom. The topological polar surface area (TPSA) is 119 Å². The molecule has 0 fully saturated rings. The minimum Gasteiger partial charge on any atom is -0.332 e. The summed E-state index contributed by atoms with van der Waals surface area (Å²) in [6.45, 7) is 3.12. The average molecular weight is 292 g/mol. The van der Waals surface area contributed by atoms with Crippen LogP contribution in [0.3, 0.4) is 0 Å². The largest absolute Gasteiger partial charge is 0.332 e. The van der Waals surface area contributed by atoms with Crippen LogP contribution in [-0.2, 0) is 0 Å². The van der Waals surface area contributed by atoms with Crippen LogP contribution in [-0.4, -0.2) is 14.9 Å². The van der Waals surface area contributed by atoms with Crippen molar-refractivity contribution in [2.24, 2.45) is 5.84 Å². The van der Waals surface area contributed by atoms with Gasteiger partial charge in [0.1, 0.15) is 11.5 Å². The zero-order valence-electron chi connectivity index (χ0n) is 11.3. The molecule has 1 aromatic carbocycles. The molecule has 0 amide bonds. The van der Waals surface area contributed by atoms with E-state index in [-0.39, 0.29) is 28.8 Å². The molecule has 2 rings (SSSR count). The van der Waals surface area contributed by atoms with E-state index in [1.54, 1.807) is 19.1 Å². The minimum absolute atomic E-state index is 0.00501. The van der Waals surface area contributed by atoms with Crippen molar-refractivity contribution < 1.29 is 9.31 Å². The van der Waals surface area contributed by atoms with E-state index in [0.717, 1.165) is 0 Å². The number of hydrogen-bond acceptors (Lipinski definition) is 7. The summed E-state index contributed by atoms with van der Waals surface area (Å²) >= 11 is 0. The lowest BCUT2D eigenvalue weighted by molar-refractivity contribution is -0.385. The summed E-state index contributed by atoms with van der Waals surface area (Å²) in [6, 6.07) is 4.47. The molecular formula is C12H13FN6O2. The number of nitrogens with two attached hydrogens (primary N) is 1. The molecule has 0 saturated heterocycles. The Morgan fingerprint density at radius 1 is 1.33 bits per heavy atom. The van der Waals surface area contributed by atoms with Crippen LogP contribution >= 0.6 is 0 Å². The van der Waals surface area contributed by atoms with Gasteiger partial charge in [-0.1, -0.05) is 12.1 Å². The number of aromatic nitrogens is 2. The van der Waals surface area contributed by atoms with Crippen molar-refractivity contribution >= 4 is 23.1 Å². The number of hydrogen-bond donors (Lipinski definition) is 3. The second kappa shape index (κ2) is 5.67. The molecule has 9 heteroatoms. The number of nitro groups is 1. The highest BCUT2D eigenvalue weighted by Crippen LogP contribution is 2.31. The predicted octanol–water partition coefficient (Wildman–Crippen LogP) is 2.17. The van der Waals surface area contributed by atoms with E-state index in [1.807, 2.05) is 0 Å². The standard InChI is InChI=1S/C12H13FN6O2/c1-6-4-3-5-8(13)9(6)16-11-10(19(20)21)7(2)15-12(17-11)18-14/h3-5H,14H2,1-2H3,(H2,15,16,17,18). The number of hydrazine groups is 1. The molecule has 0 aliphatic heterocycles. The van der Waals surface area contributed by atoms with Crippen LogP contribution in [0.15, 0.2) is 18.2 Å². The Balaban J connectivity index is 2.57. The Bertz CT molecular complexity index is 686. The lowest BCUT2D eigenvalue weighted by Gasteiger charge is -2.11. The van der Waals surface area contributed by atoms with Gasteiger partial charge in [-0.3, -0.25) is 15.5 Å². The van der Waals surface area contributed by atoms with E-state index < -0.39 is 10.7 Å². The molecule has 0 aliphatic carbocycles. The van der Waals surface area contributed by atoms with Crippen LogP contribution in [0.25, 0.3) is 0 Å². The molecule has 1 aromatic heterocycles. The summed E-state index contributed by atoms with van der Waals surface area (Å²) in [7, 11) is 0. The van der Waals surface area contributed by atoms with Crippen LogP contribution in [0.5, 0.6) is 0 Å². The van der Waals surface area contributed by atoms with Gasteiger partial charge in [0.15, 0.2) is 0 Å². The second-order valence-corrected chi connectivity index (χ2v) is 4.29. The summed E-state index contributed by atoms with van der Waals surface area (Å²) in [6.07, 6.45) is 0. The summed E-state index contributed by atoms with van der Waals surface area (Å²) in [4.78, 5) is 18.2. The highest BCUT2D eigenvalue weighted by molar-refractivity contribution is 5.70. The second-order valence-electron chi connectivity index (χ2n) is 4.29. The Morgan fingerprint density at radius 3 is 2.62 bits per heavy atom. The lowest BCUT2D eigenvalue weighted by atomic mass is 10.2. The fourth-order valence-corrected chi connectivity index (χ4v) is 1.85. The zero-order valence-corrected chi connectivity index (χ0v) is 11.3. The Hall–Kier alpha value is -2.81. The van der Waals surface area contributed by atoms with Gasteiger partial charge in [0.05, 0.1) is 10.6 Å². The van der Waals surface area contributed by atoms with Gasteiger partial charge in [-0.2, -0.15) is 4.98 Å². The number of nitrogens with one attached hydrogen (secondary N) is 2. The van der Waals surface area contributed by atoms with E-state index in [1.165, 1.54) is 13.0 Å². The Labute approximate surface area is 119 Å². The van der Waals surface area contributed by atoms with E-state index in [0.29, 0.717) is 5.56 Å². The number of nitrogen functional groups attached to an aromatic ring is 1. The molecule has 0 aliphatic rings. The number of aryl methyl sites for hydroxylation is 2. The van der Waals surface area contributed by atoms with Gasteiger partial charge in [-0.25, -0.2) is 15.2 Å². The van der Waals surface area contributed by atoms with Gasteiger partial charge in [-0.05, 0) is 25.5 Å². The smallest absolute Gasteiger partial charge is 0.332 e. The number of anilines is 3. The third-order valence-corrected chi connectivity index (χ3v) is 2.84. The van der Waals surface area contributed by atoms with Gasteiger partial charge in [0.2, 0.25) is 11.8 Å². The van der Waals surface area contributed by atoms with Gasteiger partial charge >= 0.3 is 5.69 Å². The third kappa shape index (κ3) is 2.87. The molecule has 110 valence electrons. The number of halogens is 1. The molecule has 0 spiro atoms. The van der Waals surface area contributed by atoms with Crippen LogP contribution < -0.4 is 16.6 Å². The van der Waals surface area contributed by atoms with E-state index in [2.05, 4.69) is 20.7 Å². The van der Waals surface area contributed by atoms with Crippen LogP contribution in [0, 0.1) is 29.8 Å². The highest BCUT2D eigenvalue weighted by Gasteiger charge is 2.23. The van der Waals surface area contributed by atoms with Crippen molar-refractivity contribution in [3.05, 3.63) is 45.4 Å². The van der Waals surface area contributed by atoms with E-state index >= 15 is 0 Å². The van der Waals surface area contributed by atoms with E-state index in [4.69, 9.17) is 5.84 Å². The predicted molar refractivity (Wildman–Crippen MR) is 75.7 cm³/mol. The Kier molecular flexibility index (Phi) is 3.94. The number of nitrogens with zero attached hydrogens (tertiary/aromatic N) is 3. The average Bonchev–Trinajstić information content (AvgIpc) is 2.42. The molecular weight excluding hydrogens is 279 g/mol. The van der Waals surface area contributed by atoms with Crippen LogP contribution in [0.4, 0.5) is 27.5 Å². The SMILES string of the molecule is Cc1cccc(F)c1Nc1nc(NN)nc(C)c1[N+](=O)[O-]. The van der Waals surface area contributed by atoms with Gasteiger partial charge in [0, 0.05) is 0 Å². The minimum atomic E-state index is -0.631. The first kappa shape index (κ1) is 14.6. The maximum absolute atomic E-state index is 13.8. The molecule has 4 N–H and O–H groups in total. The molecule has 0 atom stereocenters. The quantitative estimate of drug-likeness (QED) is 0.449. The van der Waals surface area contributed by atoms with Crippen molar-refractivity contribution in [1.29, 1.82) is 0 Å². The first-order chi connectivity index (χ1) is 9.93. The van der Waals surface area contributed by atoms with Gasteiger partial charge in [0.25, 0.3) is 0 Å². The summed E-state index contributed by atoms with van der Waals surface area (Å²) in [5.74, 6) is 4.55. The maximum Gasteiger partial charge on any atom is 0.332 e. The lowest BCUT2D eigenvalue weighted by Crippen LogP contribution is -2.14. The maximum atomic E-state index is 13.8. The third-order valence-electron chi connectivity index (χ3n) is 2.84. The molecule has 0 saturated carbocycles. The zero-order chi connectivity index (χ0) is 15.6. The summed E-state index contributed by atoms with van der Waals surface area (Å²) < 4.78 is 13.8. The number of rotatable bonds is 4. The fraction of sp³-hybridized carbons (Fsp3) is 0.167. The molecule has 21 heavy (non-hydrogen) atoms. The van der Waals surface area contributed by atoms with Gasteiger partial charge in [-0.15, -0.1) is 0 Å². The molecule has 0 radical (unpaired) electrons. The molecule has 8 nitrogen and oxygen atoms in total. The van der Waals surface area contributed by atoms with Crippen molar-refractivity contribution in [1.82, 2.24) is 9.97 Å². The van der Waals surface area contributed by atoms with Crippen molar-refractivity contribution in [2.45, 2.75) is 13.8 Å². The summed E-state index contributed by atoms with van der Waals surface area (Å²) in [5.41, 5.74) is 2.68. The molecule has 1 heterocycles. The number of benzene rings is 1. The normalized spacial score (nSPS) is 10.3. The van der Waals surface area contributed by atoms with Crippen LogP contribution in [0.1, 0.15) is 11.3 Å². The van der Waals surface area contributed by atoms with E-state index in [9.17, 15) is 14.5 Å². The highest BCUT2D eigenvalue weighted by atomic mass is 19.1. The van der Waals surface area contributed by atoms with Crippen molar-refractivity contribution in [2.75, 3.05) is 10.7 Å². The molecule has 2 aromatic rings. The molecule has 0 bridgehead atoms. The van der Waals surface area contributed by atoms with Crippen LogP contribution in [0.2, 0.25) is 0 Å². The summed E-state index contributed by atoms with van der Waals surface area (Å²) in [5, 5.41) is 13.8. The molecule has 0 unspecified atom stereocenters.